The second-order valence-corrected chi connectivity index (χ2v) is 4.72. The lowest BCUT2D eigenvalue weighted by Crippen LogP contribution is -2.15. The molecular weight excluding hydrogens is 276 g/mol. The van der Waals surface area contributed by atoms with E-state index < -0.39 is 0 Å². The molecule has 110 valence electrons. The van der Waals surface area contributed by atoms with Gasteiger partial charge in [0.25, 0.3) is 0 Å². The molecular formula is C16H16N6. The molecule has 1 aromatic carbocycles. The molecule has 0 fully saturated rings. The number of hydrogen-bond acceptors (Lipinski definition) is 6. The van der Waals surface area contributed by atoms with Gasteiger partial charge in [0.2, 0.25) is 0 Å². The van der Waals surface area contributed by atoms with Crippen molar-refractivity contribution >= 4 is 28.7 Å². The predicted molar refractivity (Wildman–Crippen MR) is 88.5 cm³/mol. The molecule has 6 nitrogen and oxygen atoms in total. The molecule has 2 heterocycles. The zero-order chi connectivity index (χ0) is 15.4. The molecule has 0 unspecified atom stereocenters. The Kier molecular flexibility index (Phi) is 3.82. The first kappa shape index (κ1) is 13.8. The van der Waals surface area contributed by atoms with Gasteiger partial charge in [0, 0.05) is 18.9 Å². The predicted octanol–water partition coefficient (Wildman–Crippen LogP) is 2.97. The number of benzene rings is 1. The quantitative estimate of drug-likeness (QED) is 0.769. The number of nitrogens with one attached hydrogen (secondary N) is 1. The highest BCUT2D eigenvalue weighted by atomic mass is 15.2. The molecule has 0 aliphatic carbocycles. The summed E-state index contributed by atoms with van der Waals surface area (Å²) in [5, 5.41) is 3.15. The van der Waals surface area contributed by atoms with Crippen LogP contribution < -0.4 is 16.0 Å². The molecule has 0 aliphatic rings. The lowest BCUT2D eigenvalue weighted by atomic mass is 10.3. The van der Waals surface area contributed by atoms with E-state index >= 15 is 0 Å². The third kappa shape index (κ3) is 2.80. The summed E-state index contributed by atoms with van der Waals surface area (Å²) in [6.07, 6.45) is 4.91. The van der Waals surface area contributed by atoms with Crippen molar-refractivity contribution in [3.8, 4) is 0 Å². The topological polar surface area (TPSA) is 80.0 Å². The van der Waals surface area contributed by atoms with Crippen LogP contribution in [0.1, 0.15) is 0 Å². The van der Waals surface area contributed by atoms with Gasteiger partial charge in [0.15, 0.2) is 11.6 Å². The molecule has 2 aromatic heterocycles. The third-order valence-corrected chi connectivity index (χ3v) is 3.25. The van der Waals surface area contributed by atoms with Crippen LogP contribution in [0.15, 0.2) is 61.2 Å². The van der Waals surface area contributed by atoms with Gasteiger partial charge >= 0.3 is 0 Å². The summed E-state index contributed by atoms with van der Waals surface area (Å²) in [7, 11) is 1.92. The minimum absolute atomic E-state index is 0.484. The Morgan fingerprint density at radius 3 is 2.59 bits per heavy atom. The second-order valence-electron chi connectivity index (χ2n) is 4.72. The lowest BCUT2D eigenvalue weighted by molar-refractivity contribution is 1.09. The van der Waals surface area contributed by atoms with Crippen LogP contribution in [0.5, 0.6) is 0 Å². The number of hydrogen-bond donors (Lipinski definition) is 2. The summed E-state index contributed by atoms with van der Waals surface area (Å²) in [5.74, 6) is 1.20. The van der Waals surface area contributed by atoms with E-state index in [-0.39, 0.29) is 0 Å². The number of aromatic nitrogens is 3. The van der Waals surface area contributed by atoms with Crippen molar-refractivity contribution in [2.24, 2.45) is 0 Å². The molecule has 0 aliphatic heterocycles. The van der Waals surface area contributed by atoms with Crippen molar-refractivity contribution in [3.63, 3.8) is 0 Å². The molecule has 0 amide bonds. The third-order valence-electron chi connectivity index (χ3n) is 3.25. The first-order chi connectivity index (χ1) is 10.8. The Bertz CT molecular complexity index is 745. The highest BCUT2D eigenvalue weighted by molar-refractivity contribution is 5.80. The van der Waals surface area contributed by atoms with Crippen molar-refractivity contribution in [1.82, 2.24) is 15.0 Å². The van der Waals surface area contributed by atoms with Crippen molar-refractivity contribution in [2.45, 2.75) is 0 Å². The number of rotatable bonds is 4. The van der Waals surface area contributed by atoms with Crippen LogP contribution in [0.3, 0.4) is 0 Å². The molecule has 3 aromatic rings. The minimum Gasteiger partial charge on any atom is -0.393 e. The zero-order valence-electron chi connectivity index (χ0n) is 12.1. The van der Waals surface area contributed by atoms with Crippen LogP contribution in [0.4, 0.5) is 28.7 Å². The Morgan fingerprint density at radius 2 is 1.86 bits per heavy atom. The van der Waals surface area contributed by atoms with Gasteiger partial charge in [0.05, 0.1) is 11.9 Å². The number of nitrogens with zero attached hydrogens (tertiary/aromatic N) is 4. The van der Waals surface area contributed by atoms with E-state index in [0.717, 1.165) is 11.4 Å². The Labute approximate surface area is 128 Å². The highest BCUT2D eigenvalue weighted by Crippen LogP contribution is 2.31. The van der Waals surface area contributed by atoms with Crippen LogP contribution in [0.25, 0.3) is 0 Å². The standard InChI is InChI=1S/C16H16N6/c1-22(13-7-3-2-4-8-13)16-14(17)15(19-11-20-16)21-12-6-5-9-18-10-12/h2-11H,17H2,1H3,(H,19,20,21). The molecule has 3 N–H and O–H groups in total. The van der Waals surface area contributed by atoms with Gasteiger partial charge in [-0.1, -0.05) is 18.2 Å². The van der Waals surface area contributed by atoms with E-state index in [1.54, 1.807) is 12.4 Å². The molecule has 0 saturated heterocycles. The fraction of sp³-hybridized carbons (Fsp3) is 0.0625. The van der Waals surface area contributed by atoms with Gasteiger partial charge in [-0.3, -0.25) is 4.98 Å². The molecule has 6 heteroatoms. The summed E-state index contributed by atoms with van der Waals surface area (Å²) in [6, 6.07) is 13.6. The van der Waals surface area contributed by atoms with E-state index in [1.165, 1.54) is 6.33 Å². The summed E-state index contributed by atoms with van der Waals surface area (Å²) in [6.45, 7) is 0. The number of nitrogen functional groups attached to an aromatic ring is 1. The number of pyridine rings is 1. The SMILES string of the molecule is CN(c1ccccc1)c1ncnc(Nc2cccnc2)c1N. The second kappa shape index (κ2) is 6.09. The molecule has 0 radical (unpaired) electrons. The largest absolute Gasteiger partial charge is 0.393 e. The smallest absolute Gasteiger partial charge is 0.161 e. The zero-order valence-corrected chi connectivity index (χ0v) is 12.1. The molecule has 22 heavy (non-hydrogen) atoms. The maximum absolute atomic E-state index is 6.22. The molecule has 0 spiro atoms. The van der Waals surface area contributed by atoms with Crippen molar-refractivity contribution in [1.29, 1.82) is 0 Å². The summed E-state index contributed by atoms with van der Waals surface area (Å²) < 4.78 is 0. The maximum atomic E-state index is 6.22. The van der Waals surface area contributed by atoms with E-state index in [4.69, 9.17) is 5.73 Å². The van der Waals surface area contributed by atoms with Crippen LogP contribution in [-0.4, -0.2) is 22.0 Å². The minimum atomic E-state index is 0.484. The van der Waals surface area contributed by atoms with E-state index in [0.29, 0.717) is 17.3 Å². The fourth-order valence-corrected chi connectivity index (χ4v) is 2.10. The molecule has 0 bridgehead atoms. The van der Waals surface area contributed by atoms with Crippen molar-refractivity contribution in [3.05, 3.63) is 61.2 Å². The van der Waals surface area contributed by atoms with E-state index in [2.05, 4.69) is 20.3 Å². The van der Waals surface area contributed by atoms with Gasteiger partial charge in [-0.25, -0.2) is 9.97 Å². The summed E-state index contributed by atoms with van der Waals surface area (Å²) in [5.41, 5.74) is 8.52. The van der Waals surface area contributed by atoms with Crippen molar-refractivity contribution < 1.29 is 0 Å². The summed E-state index contributed by atoms with van der Waals surface area (Å²) >= 11 is 0. The number of anilines is 5. The first-order valence-corrected chi connectivity index (χ1v) is 6.82. The Balaban J connectivity index is 1.92. The normalized spacial score (nSPS) is 10.2. The highest BCUT2D eigenvalue weighted by Gasteiger charge is 2.13. The Hall–Kier alpha value is -3.15. The molecule has 0 atom stereocenters. The van der Waals surface area contributed by atoms with Crippen LogP contribution in [0.2, 0.25) is 0 Å². The van der Waals surface area contributed by atoms with Gasteiger partial charge in [-0.05, 0) is 24.3 Å². The van der Waals surface area contributed by atoms with Crippen molar-refractivity contribution in [2.75, 3.05) is 23.0 Å². The lowest BCUT2D eigenvalue weighted by Gasteiger charge is -2.21. The first-order valence-electron chi connectivity index (χ1n) is 6.82. The van der Waals surface area contributed by atoms with Crippen LogP contribution in [-0.2, 0) is 0 Å². The summed E-state index contributed by atoms with van der Waals surface area (Å²) in [4.78, 5) is 14.5. The van der Waals surface area contributed by atoms with E-state index in [1.807, 2.05) is 54.4 Å². The maximum Gasteiger partial charge on any atom is 0.161 e. The monoisotopic (exact) mass is 292 g/mol. The van der Waals surface area contributed by atoms with Crippen LogP contribution >= 0.6 is 0 Å². The van der Waals surface area contributed by atoms with Gasteiger partial charge in [-0.15, -0.1) is 0 Å². The van der Waals surface area contributed by atoms with E-state index in [9.17, 15) is 0 Å². The average molecular weight is 292 g/mol. The number of nitrogens with two attached hydrogens (primary N) is 1. The van der Waals surface area contributed by atoms with Gasteiger partial charge in [0.1, 0.15) is 12.0 Å². The molecule has 3 rings (SSSR count). The number of para-hydroxylation sites is 1. The Morgan fingerprint density at radius 1 is 1.05 bits per heavy atom. The van der Waals surface area contributed by atoms with Crippen LogP contribution in [0, 0.1) is 0 Å². The van der Waals surface area contributed by atoms with Gasteiger partial charge in [-0.2, -0.15) is 0 Å². The van der Waals surface area contributed by atoms with Gasteiger partial charge < -0.3 is 16.0 Å². The average Bonchev–Trinajstić information content (AvgIpc) is 2.58. The molecule has 0 saturated carbocycles. The fourth-order valence-electron chi connectivity index (χ4n) is 2.10.